The molecule has 1 atom stereocenters. The molecule has 1 aliphatic rings. The van der Waals surface area contributed by atoms with Crippen molar-refractivity contribution < 1.29 is 17.6 Å². The summed E-state index contributed by atoms with van der Waals surface area (Å²) in [5, 5.41) is 1.55. The second-order valence-corrected chi connectivity index (χ2v) is 9.73. The van der Waals surface area contributed by atoms with Gasteiger partial charge in [0.2, 0.25) is 5.89 Å². The Morgan fingerprint density at radius 2 is 1.71 bits per heavy atom. The molecule has 0 amide bonds. The number of hydrogen-bond donors (Lipinski definition) is 0. The Kier molecular flexibility index (Phi) is 5.95. The quantitative estimate of drug-likeness (QED) is 0.378. The topological polar surface area (TPSA) is 86.7 Å². The van der Waals surface area contributed by atoms with E-state index in [1.54, 1.807) is 29.3 Å². The summed E-state index contributed by atoms with van der Waals surface area (Å²) < 4.78 is 37.9. The molecule has 5 rings (SSSR count). The number of nitrogens with zero attached hydrogens (tertiary/aromatic N) is 3. The summed E-state index contributed by atoms with van der Waals surface area (Å²) in [6.07, 6.45) is 0.656. The minimum Gasteiger partial charge on any atom is -0.476 e. The average Bonchev–Trinajstić information content (AvgIpc) is 3.28. The Morgan fingerprint density at radius 1 is 1.00 bits per heavy atom. The molecule has 0 N–H and O–H groups in total. The molecule has 1 unspecified atom stereocenters. The van der Waals surface area contributed by atoms with Gasteiger partial charge in [-0.2, -0.15) is 0 Å². The van der Waals surface area contributed by atoms with E-state index >= 15 is 0 Å². The van der Waals surface area contributed by atoms with Gasteiger partial charge in [-0.25, -0.2) is 13.4 Å². The molecule has 4 aromatic rings. The van der Waals surface area contributed by atoms with E-state index in [4.69, 9.17) is 14.1 Å². The van der Waals surface area contributed by atoms with Crippen LogP contribution in [0.3, 0.4) is 0 Å². The minimum absolute atomic E-state index is 0.144. The third-order valence-corrected chi connectivity index (χ3v) is 7.16. The van der Waals surface area contributed by atoms with Gasteiger partial charge in [-0.1, -0.05) is 72.3 Å². The molecule has 8 heteroatoms. The van der Waals surface area contributed by atoms with Crippen LogP contribution in [0, 0.1) is 6.92 Å². The van der Waals surface area contributed by atoms with E-state index in [-0.39, 0.29) is 10.8 Å². The van der Waals surface area contributed by atoms with E-state index in [0.717, 1.165) is 22.3 Å². The van der Waals surface area contributed by atoms with Crippen LogP contribution in [-0.2, 0) is 16.4 Å². The Bertz CT molecular complexity index is 1400. The second-order valence-electron chi connectivity index (χ2n) is 8.14. The smallest absolute Gasteiger partial charge is 0.313 e. The van der Waals surface area contributed by atoms with E-state index in [0.29, 0.717) is 24.6 Å². The summed E-state index contributed by atoms with van der Waals surface area (Å²) in [4.78, 5) is 9.12. The maximum absolute atomic E-state index is 13.2. The predicted octanol–water partition coefficient (Wildman–Crippen LogP) is 5.28. The number of methoxy groups -OCH3 is 1. The maximum Gasteiger partial charge on any atom is 0.313 e. The first-order chi connectivity index (χ1) is 16.5. The van der Waals surface area contributed by atoms with Crippen molar-refractivity contribution >= 4 is 10.0 Å². The monoisotopic (exact) mass is 474 g/mol. The Balaban J connectivity index is 1.57. The van der Waals surface area contributed by atoms with Crippen molar-refractivity contribution in [3.05, 3.63) is 106 Å². The van der Waals surface area contributed by atoms with Crippen molar-refractivity contribution in [2.24, 2.45) is 0 Å². The molecule has 0 saturated heterocycles. The Hall–Kier alpha value is -3.46. The molecule has 7 nitrogen and oxygen atoms in total. The number of aromatic nitrogens is 1. The normalized spacial score (nSPS) is 16.2. The first kappa shape index (κ1) is 22.3. The summed E-state index contributed by atoms with van der Waals surface area (Å²) in [5.74, 6) is 0.594. The van der Waals surface area contributed by atoms with Crippen molar-refractivity contribution in [1.29, 1.82) is 0 Å². The average molecular weight is 475 g/mol. The number of benzene rings is 3. The molecule has 1 aliphatic heterocycles. The molecule has 0 radical (unpaired) electrons. The molecule has 174 valence electrons. The molecular formula is C26H24N3O4S-. The zero-order valence-corrected chi connectivity index (χ0v) is 19.7. The van der Waals surface area contributed by atoms with E-state index in [2.05, 4.69) is 4.83 Å². The van der Waals surface area contributed by atoms with Crippen LogP contribution in [0.1, 0.15) is 28.6 Å². The predicted molar refractivity (Wildman–Crippen MR) is 129 cm³/mol. The fraction of sp³-hybridized carbons (Fsp3) is 0.192. The Labute approximate surface area is 199 Å². The fourth-order valence-corrected chi connectivity index (χ4v) is 5.18. The van der Waals surface area contributed by atoms with Crippen molar-refractivity contribution in [3.8, 4) is 17.2 Å². The van der Waals surface area contributed by atoms with Crippen molar-refractivity contribution in [1.82, 2.24) is 9.99 Å². The van der Waals surface area contributed by atoms with Crippen LogP contribution in [0.4, 0.5) is 0 Å². The summed E-state index contributed by atoms with van der Waals surface area (Å²) in [5.41, 5.74) is 4.38. The summed E-state index contributed by atoms with van der Waals surface area (Å²) in [6, 6.07) is 23.5. The second kappa shape index (κ2) is 9.06. The largest absolute Gasteiger partial charge is 0.476 e. The molecule has 0 bridgehead atoms. The van der Waals surface area contributed by atoms with Crippen LogP contribution in [0.5, 0.6) is 5.95 Å². The van der Waals surface area contributed by atoms with E-state index in [1.165, 1.54) is 7.11 Å². The van der Waals surface area contributed by atoms with E-state index in [9.17, 15) is 8.42 Å². The molecule has 34 heavy (non-hydrogen) atoms. The van der Waals surface area contributed by atoms with Gasteiger partial charge < -0.3 is 19.0 Å². The van der Waals surface area contributed by atoms with Gasteiger partial charge in [0.1, 0.15) is 10.0 Å². The maximum atomic E-state index is 13.2. The molecule has 0 saturated carbocycles. The zero-order chi connectivity index (χ0) is 23.7. The van der Waals surface area contributed by atoms with Crippen LogP contribution in [0.15, 0.2) is 88.2 Å². The molecular weight excluding hydrogens is 450 g/mol. The standard InChI is InChI=1S/C26H24N3O4S/c1-18-12-14-21(15-13-18)34(30,31)28-29-17-16-19-8-6-7-11-22(19)24(29)25-27-23(26(32-2)33-25)20-9-4-3-5-10-20/h3-15,24H,16-17H2,1-2H3/q-1. The third kappa shape index (κ3) is 4.23. The highest BCUT2D eigenvalue weighted by Crippen LogP contribution is 2.41. The van der Waals surface area contributed by atoms with Gasteiger partial charge in [0.15, 0.2) is 5.69 Å². The molecule has 0 fully saturated rings. The number of fused-ring (bicyclic) bond motifs is 1. The summed E-state index contributed by atoms with van der Waals surface area (Å²) >= 11 is 0. The third-order valence-electron chi connectivity index (χ3n) is 5.87. The van der Waals surface area contributed by atoms with Crippen LogP contribution in [0.25, 0.3) is 16.1 Å². The highest BCUT2D eigenvalue weighted by atomic mass is 32.2. The lowest BCUT2D eigenvalue weighted by molar-refractivity contribution is 0.227. The molecule has 1 aromatic heterocycles. The van der Waals surface area contributed by atoms with Crippen LogP contribution < -0.4 is 4.74 Å². The van der Waals surface area contributed by atoms with Gasteiger partial charge in [-0.05, 0) is 43.1 Å². The zero-order valence-electron chi connectivity index (χ0n) is 18.9. The number of sulfonamides is 1. The molecule has 0 spiro atoms. The van der Waals surface area contributed by atoms with E-state index < -0.39 is 16.1 Å². The lowest BCUT2D eigenvalue weighted by Crippen LogP contribution is -2.34. The van der Waals surface area contributed by atoms with Gasteiger partial charge >= 0.3 is 5.95 Å². The highest BCUT2D eigenvalue weighted by Gasteiger charge is 2.31. The van der Waals surface area contributed by atoms with Crippen LogP contribution in [0.2, 0.25) is 0 Å². The van der Waals surface area contributed by atoms with Gasteiger partial charge in [-0.15, -0.1) is 0 Å². The molecule has 2 heterocycles. The number of hydrogen-bond acceptors (Lipinski definition) is 6. The summed E-state index contributed by atoms with van der Waals surface area (Å²) in [6.45, 7) is 2.31. The number of rotatable bonds is 6. The fourth-order valence-electron chi connectivity index (χ4n) is 4.15. The van der Waals surface area contributed by atoms with Crippen LogP contribution in [-0.4, -0.2) is 32.1 Å². The van der Waals surface area contributed by atoms with Gasteiger partial charge in [-0.3, -0.25) is 0 Å². The SMILES string of the molecule is COc1oc(C2c3ccccc3CCN2[N-]S(=O)(=O)c2ccc(C)cc2)nc1-c1ccccc1. The van der Waals surface area contributed by atoms with Crippen molar-refractivity contribution in [2.75, 3.05) is 13.7 Å². The first-order valence-corrected chi connectivity index (χ1v) is 12.4. The minimum atomic E-state index is -3.93. The number of aryl methyl sites for hydroxylation is 1. The van der Waals surface area contributed by atoms with Crippen molar-refractivity contribution in [3.63, 3.8) is 0 Å². The lowest BCUT2D eigenvalue weighted by Gasteiger charge is -2.45. The molecule has 3 aromatic carbocycles. The van der Waals surface area contributed by atoms with Crippen LogP contribution >= 0.6 is 0 Å². The summed E-state index contributed by atoms with van der Waals surface area (Å²) in [7, 11) is -2.41. The molecule has 0 aliphatic carbocycles. The number of oxazole rings is 1. The van der Waals surface area contributed by atoms with Crippen molar-refractivity contribution in [2.45, 2.75) is 24.3 Å². The van der Waals surface area contributed by atoms with E-state index in [1.807, 2.05) is 61.5 Å². The van der Waals surface area contributed by atoms with Gasteiger partial charge in [0, 0.05) is 10.5 Å². The highest BCUT2D eigenvalue weighted by molar-refractivity contribution is 7.93. The Morgan fingerprint density at radius 3 is 2.44 bits per heavy atom. The lowest BCUT2D eigenvalue weighted by atomic mass is 9.94. The number of ether oxygens (including phenoxy) is 1. The van der Waals surface area contributed by atoms with Gasteiger partial charge in [0.05, 0.1) is 13.2 Å². The van der Waals surface area contributed by atoms with Gasteiger partial charge in [0.25, 0.3) is 0 Å². The first-order valence-electron chi connectivity index (χ1n) is 11.0.